The summed E-state index contributed by atoms with van der Waals surface area (Å²) >= 11 is 0. The maximum absolute atomic E-state index is 5.78. The zero-order chi connectivity index (χ0) is 13.1. The zero-order valence-corrected chi connectivity index (χ0v) is 10.8. The van der Waals surface area contributed by atoms with Crippen molar-refractivity contribution in [2.45, 2.75) is 13.3 Å². The topological polar surface area (TPSA) is 51.0 Å². The Bertz CT molecular complexity index is 657. The number of furan rings is 1. The Balaban J connectivity index is 1.96. The number of nitrogens with zero attached hydrogens (tertiary/aromatic N) is 2. The second kappa shape index (κ2) is 5.10. The first-order valence-electron chi connectivity index (χ1n) is 6.41. The van der Waals surface area contributed by atoms with Crippen molar-refractivity contribution in [3.05, 3.63) is 42.7 Å². The van der Waals surface area contributed by atoms with Gasteiger partial charge in [-0.15, -0.1) is 0 Å². The molecule has 19 heavy (non-hydrogen) atoms. The Labute approximate surface area is 111 Å². The molecular weight excluding hydrogens is 238 g/mol. The van der Waals surface area contributed by atoms with E-state index in [4.69, 9.17) is 4.42 Å². The fraction of sp³-hybridized carbons (Fsp3) is 0.200. The summed E-state index contributed by atoms with van der Waals surface area (Å²) in [6.45, 7) is 3.00. The van der Waals surface area contributed by atoms with Crippen molar-refractivity contribution >= 4 is 16.8 Å². The Morgan fingerprint density at radius 3 is 2.95 bits per heavy atom. The summed E-state index contributed by atoms with van der Waals surface area (Å²) in [5.74, 6) is 1.52. The predicted molar refractivity (Wildman–Crippen MR) is 76.0 cm³/mol. The molecule has 0 saturated heterocycles. The fourth-order valence-electron chi connectivity index (χ4n) is 1.93. The molecule has 0 fully saturated rings. The van der Waals surface area contributed by atoms with Crippen molar-refractivity contribution in [3.8, 4) is 11.5 Å². The highest BCUT2D eigenvalue weighted by atomic mass is 16.3. The van der Waals surface area contributed by atoms with E-state index in [0.717, 1.165) is 41.2 Å². The van der Waals surface area contributed by atoms with E-state index in [1.165, 1.54) is 0 Å². The van der Waals surface area contributed by atoms with Crippen LogP contribution in [0.3, 0.4) is 0 Å². The van der Waals surface area contributed by atoms with Crippen molar-refractivity contribution < 1.29 is 4.42 Å². The Kier molecular flexibility index (Phi) is 3.14. The summed E-state index contributed by atoms with van der Waals surface area (Å²) < 4.78 is 5.78. The van der Waals surface area contributed by atoms with Gasteiger partial charge in [0.1, 0.15) is 17.1 Å². The highest BCUT2D eigenvalue weighted by molar-refractivity contribution is 5.82. The minimum absolute atomic E-state index is 0.744. The van der Waals surface area contributed by atoms with Crippen LogP contribution in [0.15, 0.2) is 47.1 Å². The average Bonchev–Trinajstić information content (AvgIpc) is 2.89. The van der Waals surface area contributed by atoms with Gasteiger partial charge in [-0.05, 0) is 18.6 Å². The van der Waals surface area contributed by atoms with Gasteiger partial charge in [-0.1, -0.05) is 25.1 Å². The summed E-state index contributed by atoms with van der Waals surface area (Å²) in [7, 11) is 0. The highest BCUT2D eigenvalue weighted by Gasteiger charge is 2.08. The summed E-state index contributed by atoms with van der Waals surface area (Å²) in [4.78, 5) is 8.71. The maximum atomic E-state index is 5.78. The number of rotatable bonds is 4. The molecule has 1 N–H and O–H groups in total. The second-order valence-electron chi connectivity index (χ2n) is 4.36. The number of benzene rings is 1. The number of aromatic nitrogens is 2. The third kappa shape index (κ3) is 2.42. The van der Waals surface area contributed by atoms with Crippen molar-refractivity contribution in [2.24, 2.45) is 0 Å². The minimum Gasteiger partial charge on any atom is -0.454 e. The zero-order valence-electron chi connectivity index (χ0n) is 10.8. The van der Waals surface area contributed by atoms with E-state index in [1.807, 2.05) is 30.3 Å². The molecule has 2 aromatic heterocycles. The van der Waals surface area contributed by atoms with Gasteiger partial charge >= 0.3 is 0 Å². The lowest BCUT2D eigenvalue weighted by molar-refractivity contribution is 0.628. The summed E-state index contributed by atoms with van der Waals surface area (Å²) in [5.41, 5.74) is 1.61. The molecule has 2 heterocycles. The predicted octanol–water partition coefficient (Wildman–Crippen LogP) is 3.71. The molecule has 0 aliphatic heterocycles. The smallest absolute Gasteiger partial charge is 0.155 e. The SMILES string of the molecule is CCCNc1cncc(-c2cc3ccccc3o2)n1. The standard InChI is InChI=1S/C15H15N3O/c1-2-7-17-15-10-16-9-12(18-15)14-8-11-5-3-4-6-13(11)19-14/h3-6,8-10H,2,7H2,1H3,(H,17,18). The van der Waals surface area contributed by atoms with E-state index in [2.05, 4.69) is 22.2 Å². The van der Waals surface area contributed by atoms with E-state index in [9.17, 15) is 0 Å². The van der Waals surface area contributed by atoms with Gasteiger partial charge < -0.3 is 9.73 Å². The van der Waals surface area contributed by atoms with Gasteiger partial charge in [0.2, 0.25) is 0 Å². The highest BCUT2D eigenvalue weighted by Crippen LogP contribution is 2.26. The third-order valence-corrected chi connectivity index (χ3v) is 2.87. The fourth-order valence-corrected chi connectivity index (χ4v) is 1.93. The van der Waals surface area contributed by atoms with Crippen LogP contribution in [0.2, 0.25) is 0 Å². The van der Waals surface area contributed by atoms with Crippen molar-refractivity contribution in [3.63, 3.8) is 0 Å². The number of fused-ring (bicyclic) bond motifs is 1. The molecule has 0 aliphatic rings. The molecule has 0 radical (unpaired) electrons. The van der Waals surface area contributed by atoms with Crippen LogP contribution in [0.5, 0.6) is 0 Å². The number of anilines is 1. The van der Waals surface area contributed by atoms with Crippen LogP contribution in [0.25, 0.3) is 22.4 Å². The Hall–Kier alpha value is -2.36. The molecule has 0 atom stereocenters. The van der Waals surface area contributed by atoms with Crippen LogP contribution in [-0.2, 0) is 0 Å². The number of hydrogen-bond donors (Lipinski definition) is 1. The molecule has 1 aromatic carbocycles. The molecular formula is C15H15N3O. The van der Waals surface area contributed by atoms with Gasteiger partial charge in [-0.3, -0.25) is 4.98 Å². The first kappa shape index (κ1) is 11.7. The van der Waals surface area contributed by atoms with Gasteiger partial charge in [0.25, 0.3) is 0 Å². The Morgan fingerprint density at radius 1 is 1.21 bits per heavy atom. The molecule has 3 aromatic rings. The van der Waals surface area contributed by atoms with E-state index < -0.39 is 0 Å². The molecule has 4 heteroatoms. The van der Waals surface area contributed by atoms with E-state index in [-0.39, 0.29) is 0 Å². The molecule has 0 aliphatic carbocycles. The van der Waals surface area contributed by atoms with Crippen molar-refractivity contribution in [2.75, 3.05) is 11.9 Å². The number of nitrogens with one attached hydrogen (secondary N) is 1. The van der Waals surface area contributed by atoms with Gasteiger partial charge in [-0.2, -0.15) is 0 Å². The lowest BCUT2D eigenvalue weighted by atomic mass is 10.2. The maximum Gasteiger partial charge on any atom is 0.155 e. The van der Waals surface area contributed by atoms with E-state index in [0.29, 0.717) is 0 Å². The van der Waals surface area contributed by atoms with Gasteiger partial charge in [0.05, 0.1) is 12.4 Å². The summed E-state index contributed by atoms with van der Waals surface area (Å²) in [6.07, 6.45) is 4.49. The molecule has 96 valence electrons. The molecule has 0 spiro atoms. The molecule has 0 saturated carbocycles. The largest absolute Gasteiger partial charge is 0.454 e. The second-order valence-corrected chi connectivity index (χ2v) is 4.36. The number of hydrogen-bond acceptors (Lipinski definition) is 4. The van der Waals surface area contributed by atoms with Gasteiger partial charge in [0, 0.05) is 11.9 Å². The van der Waals surface area contributed by atoms with Crippen LogP contribution in [0.1, 0.15) is 13.3 Å². The van der Waals surface area contributed by atoms with E-state index in [1.54, 1.807) is 12.4 Å². The van der Waals surface area contributed by atoms with Crippen LogP contribution >= 0.6 is 0 Å². The minimum atomic E-state index is 0.744. The molecule has 0 bridgehead atoms. The normalized spacial score (nSPS) is 10.8. The first-order valence-corrected chi connectivity index (χ1v) is 6.41. The van der Waals surface area contributed by atoms with Gasteiger partial charge in [0.15, 0.2) is 5.76 Å². The van der Waals surface area contributed by atoms with Crippen LogP contribution in [0.4, 0.5) is 5.82 Å². The van der Waals surface area contributed by atoms with Crippen LogP contribution in [0, 0.1) is 0 Å². The molecule has 4 nitrogen and oxygen atoms in total. The summed E-state index contributed by atoms with van der Waals surface area (Å²) in [6, 6.07) is 9.91. The van der Waals surface area contributed by atoms with E-state index >= 15 is 0 Å². The van der Waals surface area contributed by atoms with Crippen molar-refractivity contribution in [1.82, 2.24) is 9.97 Å². The third-order valence-electron chi connectivity index (χ3n) is 2.87. The Morgan fingerprint density at radius 2 is 2.11 bits per heavy atom. The monoisotopic (exact) mass is 253 g/mol. The van der Waals surface area contributed by atoms with Crippen LogP contribution in [-0.4, -0.2) is 16.5 Å². The lowest BCUT2D eigenvalue weighted by Gasteiger charge is -2.03. The summed E-state index contributed by atoms with van der Waals surface area (Å²) in [5, 5.41) is 4.30. The average molecular weight is 253 g/mol. The first-order chi connectivity index (χ1) is 9.36. The quantitative estimate of drug-likeness (QED) is 0.770. The van der Waals surface area contributed by atoms with Crippen LogP contribution < -0.4 is 5.32 Å². The molecule has 0 unspecified atom stereocenters. The molecule has 3 rings (SSSR count). The lowest BCUT2D eigenvalue weighted by Crippen LogP contribution is -2.02. The number of para-hydroxylation sites is 1. The molecule has 0 amide bonds. The van der Waals surface area contributed by atoms with Crippen molar-refractivity contribution in [1.29, 1.82) is 0 Å². The van der Waals surface area contributed by atoms with Gasteiger partial charge in [-0.25, -0.2) is 4.98 Å².